The highest BCUT2D eigenvalue weighted by atomic mass is 79.9. The zero-order chi connectivity index (χ0) is 12.3. The van der Waals surface area contributed by atoms with E-state index in [0.29, 0.717) is 4.75 Å². The molecular weight excluding hydrogens is 296 g/mol. The van der Waals surface area contributed by atoms with Crippen molar-refractivity contribution in [3.05, 3.63) is 22.7 Å². The van der Waals surface area contributed by atoms with Gasteiger partial charge in [-0.05, 0) is 53.2 Å². The highest BCUT2D eigenvalue weighted by Gasteiger charge is 2.32. The third-order valence-corrected chi connectivity index (χ3v) is 5.62. The number of hydrogen-bond donors (Lipinski definition) is 2. The summed E-state index contributed by atoms with van der Waals surface area (Å²) >= 11 is 5.55. The van der Waals surface area contributed by atoms with Crippen LogP contribution >= 0.6 is 27.7 Å². The van der Waals surface area contributed by atoms with E-state index in [1.54, 1.807) is 0 Å². The van der Waals surface area contributed by atoms with E-state index in [0.717, 1.165) is 22.4 Å². The lowest BCUT2D eigenvalue weighted by atomic mass is 10.1. The number of benzene rings is 1. The summed E-state index contributed by atoms with van der Waals surface area (Å²) in [7, 11) is 0. The summed E-state index contributed by atoms with van der Waals surface area (Å²) in [5.74, 6) is 0. The minimum Gasteiger partial charge on any atom is -0.399 e. The Hall–Kier alpha value is -0.350. The van der Waals surface area contributed by atoms with Crippen LogP contribution < -0.4 is 11.1 Å². The summed E-state index contributed by atoms with van der Waals surface area (Å²) in [4.78, 5) is 0. The van der Waals surface area contributed by atoms with Crippen LogP contribution in [0, 0.1) is 0 Å². The summed E-state index contributed by atoms with van der Waals surface area (Å²) < 4.78 is 1.48. The maximum atomic E-state index is 5.74. The van der Waals surface area contributed by atoms with Crippen molar-refractivity contribution in [3.63, 3.8) is 0 Å². The monoisotopic (exact) mass is 314 g/mol. The molecule has 0 spiro atoms. The molecule has 0 amide bonds. The minimum absolute atomic E-state index is 0.431. The van der Waals surface area contributed by atoms with Crippen LogP contribution in [0.3, 0.4) is 0 Å². The minimum atomic E-state index is 0.431. The number of nitrogen functional groups attached to an aromatic ring is 1. The van der Waals surface area contributed by atoms with E-state index in [1.807, 2.05) is 30.0 Å². The lowest BCUT2D eigenvalue weighted by Crippen LogP contribution is -2.30. The van der Waals surface area contributed by atoms with Gasteiger partial charge in [0.05, 0.1) is 0 Å². The van der Waals surface area contributed by atoms with Gasteiger partial charge >= 0.3 is 0 Å². The van der Waals surface area contributed by atoms with Gasteiger partial charge < -0.3 is 11.1 Å². The smallest absolute Gasteiger partial charge is 0.0486 e. The molecule has 2 nitrogen and oxygen atoms in total. The predicted molar refractivity (Wildman–Crippen MR) is 81.8 cm³/mol. The molecule has 0 aliphatic heterocycles. The molecule has 1 saturated carbocycles. The third-order valence-electron chi connectivity index (χ3n) is 3.54. The lowest BCUT2D eigenvalue weighted by molar-refractivity contribution is 0.640. The van der Waals surface area contributed by atoms with E-state index in [-0.39, 0.29) is 0 Å². The Morgan fingerprint density at radius 1 is 1.41 bits per heavy atom. The van der Waals surface area contributed by atoms with Crippen molar-refractivity contribution in [2.75, 3.05) is 23.9 Å². The molecule has 1 aromatic rings. The fourth-order valence-corrected chi connectivity index (χ4v) is 3.85. The fourth-order valence-electron chi connectivity index (χ4n) is 2.40. The normalized spacial score (nSPS) is 18.2. The molecule has 17 heavy (non-hydrogen) atoms. The first-order valence-corrected chi connectivity index (χ1v) is 8.01. The first-order valence-electron chi connectivity index (χ1n) is 5.99. The van der Waals surface area contributed by atoms with Crippen molar-refractivity contribution in [1.29, 1.82) is 0 Å². The molecule has 1 aliphatic carbocycles. The average molecular weight is 315 g/mol. The van der Waals surface area contributed by atoms with Gasteiger partial charge in [0.2, 0.25) is 0 Å². The molecule has 4 heteroatoms. The highest BCUT2D eigenvalue weighted by Crippen LogP contribution is 2.40. The van der Waals surface area contributed by atoms with Gasteiger partial charge in [0, 0.05) is 27.1 Å². The van der Waals surface area contributed by atoms with Gasteiger partial charge in [-0.15, -0.1) is 0 Å². The molecule has 0 heterocycles. The highest BCUT2D eigenvalue weighted by molar-refractivity contribution is 9.10. The molecule has 1 aliphatic rings. The Morgan fingerprint density at radius 2 is 2.12 bits per heavy atom. The van der Waals surface area contributed by atoms with Crippen molar-refractivity contribution < 1.29 is 0 Å². The second kappa shape index (κ2) is 5.53. The number of nitrogens with one attached hydrogen (secondary N) is 1. The van der Waals surface area contributed by atoms with Crippen LogP contribution in [0.1, 0.15) is 25.7 Å². The maximum absolute atomic E-state index is 5.74. The van der Waals surface area contributed by atoms with E-state index < -0.39 is 0 Å². The van der Waals surface area contributed by atoms with E-state index in [4.69, 9.17) is 5.73 Å². The summed E-state index contributed by atoms with van der Waals surface area (Å²) in [6.45, 7) is 1.04. The zero-order valence-corrected chi connectivity index (χ0v) is 12.5. The van der Waals surface area contributed by atoms with Crippen molar-refractivity contribution in [3.8, 4) is 0 Å². The average Bonchev–Trinajstić information content (AvgIpc) is 2.77. The molecule has 0 saturated heterocycles. The standard InChI is InChI=1S/C13H19BrN2S/c1-17-13(6-2-3-7-13)9-16-12-5-4-10(15)8-11(12)14/h4-5,8,16H,2-3,6-7,9,15H2,1H3. The summed E-state index contributed by atoms with van der Waals surface area (Å²) in [5, 5.41) is 3.55. The lowest BCUT2D eigenvalue weighted by Gasteiger charge is -2.27. The molecule has 0 bridgehead atoms. The first kappa shape index (κ1) is 13.1. The largest absolute Gasteiger partial charge is 0.399 e. The quantitative estimate of drug-likeness (QED) is 0.821. The molecule has 94 valence electrons. The van der Waals surface area contributed by atoms with Crippen LogP contribution in [0.5, 0.6) is 0 Å². The van der Waals surface area contributed by atoms with Crippen molar-refractivity contribution in [1.82, 2.24) is 0 Å². The second-order valence-corrected chi connectivity index (χ2v) is 6.82. The summed E-state index contributed by atoms with van der Waals surface area (Å²) in [5.41, 5.74) is 7.67. The van der Waals surface area contributed by atoms with E-state index >= 15 is 0 Å². The van der Waals surface area contributed by atoms with Gasteiger partial charge in [-0.25, -0.2) is 0 Å². The van der Waals surface area contributed by atoms with Crippen molar-refractivity contribution in [2.45, 2.75) is 30.4 Å². The molecule has 0 unspecified atom stereocenters. The van der Waals surface area contributed by atoms with Gasteiger partial charge in [0.15, 0.2) is 0 Å². The number of halogens is 1. The molecule has 0 radical (unpaired) electrons. The van der Waals surface area contributed by atoms with Crippen LogP contribution in [0.15, 0.2) is 22.7 Å². The van der Waals surface area contributed by atoms with E-state index in [1.165, 1.54) is 25.7 Å². The zero-order valence-electron chi connectivity index (χ0n) is 10.1. The van der Waals surface area contributed by atoms with Gasteiger partial charge in [-0.2, -0.15) is 11.8 Å². The molecule has 3 N–H and O–H groups in total. The second-order valence-electron chi connectivity index (χ2n) is 4.69. The Balaban J connectivity index is 2.01. The third kappa shape index (κ3) is 3.10. The molecule has 2 rings (SSSR count). The van der Waals surface area contributed by atoms with Crippen LogP contribution in [0.4, 0.5) is 11.4 Å². The van der Waals surface area contributed by atoms with E-state index in [9.17, 15) is 0 Å². The van der Waals surface area contributed by atoms with Crippen LogP contribution in [-0.4, -0.2) is 17.5 Å². The first-order chi connectivity index (χ1) is 8.15. The number of thioether (sulfide) groups is 1. The number of rotatable bonds is 4. The van der Waals surface area contributed by atoms with Crippen molar-refractivity contribution in [2.24, 2.45) is 0 Å². The Bertz CT molecular complexity index is 389. The van der Waals surface area contributed by atoms with Gasteiger partial charge in [0.25, 0.3) is 0 Å². The van der Waals surface area contributed by atoms with Crippen LogP contribution in [0.25, 0.3) is 0 Å². The molecule has 0 atom stereocenters. The Labute approximate surface area is 116 Å². The van der Waals surface area contributed by atoms with Gasteiger partial charge in [-0.1, -0.05) is 12.8 Å². The van der Waals surface area contributed by atoms with Gasteiger partial charge in [0.1, 0.15) is 0 Å². The predicted octanol–water partition coefficient (Wildman–Crippen LogP) is 4.12. The summed E-state index contributed by atoms with van der Waals surface area (Å²) in [6.07, 6.45) is 7.61. The van der Waals surface area contributed by atoms with Crippen LogP contribution in [-0.2, 0) is 0 Å². The number of hydrogen-bond acceptors (Lipinski definition) is 3. The molecular formula is C13H19BrN2S. The van der Waals surface area contributed by atoms with Crippen LogP contribution in [0.2, 0.25) is 0 Å². The topological polar surface area (TPSA) is 38.0 Å². The number of nitrogens with two attached hydrogens (primary N) is 1. The van der Waals surface area contributed by atoms with E-state index in [2.05, 4.69) is 27.5 Å². The molecule has 0 aromatic heterocycles. The Morgan fingerprint density at radius 3 is 2.71 bits per heavy atom. The molecule has 1 aromatic carbocycles. The number of anilines is 2. The SMILES string of the molecule is CSC1(CNc2ccc(N)cc2Br)CCCC1. The van der Waals surface area contributed by atoms with Gasteiger partial charge in [-0.3, -0.25) is 0 Å². The summed E-state index contributed by atoms with van der Waals surface area (Å²) in [6, 6.07) is 5.93. The van der Waals surface area contributed by atoms with Crippen molar-refractivity contribution >= 4 is 39.1 Å². The molecule has 1 fully saturated rings. The fraction of sp³-hybridized carbons (Fsp3) is 0.538. The maximum Gasteiger partial charge on any atom is 0.0486 e. The Kier molecular flexibility index (Phi) is 4.26.